The Kier molecular flexibility index (Phi) is 5.36. The van der Waals surface area contributed by atoms with Gasteiger partial charge in [-0.15, -0.1) is 0 Å². The number of amides is 1. The molecule has 3 rings (SSSR count). The van der Waals surface area contributed by atoms with E-state index in [9.17, 15) is 4.79 Å². The molecule has 0 spiro atoms. The van der Waals surface area contributed by atoms with Crippen molar-refractivity contribution in [2.45, 2.75) is 26.8 Å². The zero-order chi connectivity index (χ0) is 18.5. The van der Waals surface area contributed by atoms with E-state index < -0.39 is 0 Å². The average molecular weight is 353 g/mol. The molecule has 1 aliphatic rings. The van der Waals surface area contributed by atoms with Crippen LogP contribution in [0.15, 0.2) is 36.5 Å². The minimum atomic E-state index is -0.221. The first-order valence-corrected chi connectivity index (χ1v) is 8.60. The smallest absolute Gasteiger partial charge is 0.256 e. The first-order valence-electron chi connectivity index (χ1n) is 8.60. The molecular weight excluding hydrogens is 330 g/mol. The first-order chi connectivity index (χ1) is 12.5. The van der Waals surface area contributed by atoms with E-state index in [4.69, 9.17) is 4.74 Å². The predicted octanol–water partition coefficient (Wildman–Crippen LogP) is 3.03. The molecule has 2 heterocycles. The molecule has 0 saturated heterocycles. The minimum absolute atomic E-state index is 0.0202. The Morgan fingerprint density at radius 2 is 2.15 bits per heavy atom. The SMILES string of the molecule is Cc1ccc2cc1OC/C=C\CNc1ncc(C(=O)NC(C)C)c(n1)N2. The van der Waals surface area contributed by atoms with E-state index in [1.807, 2.05) is 51.1 Å². The van der Waals surface area contributed by atoms with E-state index in [1.54, 1.807) is 0 Å². The normalized spacial score (nSPS) is 14.6. The standard InChI is InChI=1S/C19H23N5O2/c1-12(2)22-18(25)15-11-21-19-20-8-4-5-9-26-16-10-14(7-6-13(16)3)23-17(15)24-19/h4-7,10-12H,8-9H2,1-3H3,(H,22,25)(H2,20,21,23,24)/b5-4-. The van der Waals surface area contributed by atoms with Crippen molar-refractivity contribution in [3.05, 3.63) is 47.7 Å². The number of benzene rings is 1. The van der Waals surface area contributed by atoms with Crippen LogP contribution in [-0.4, -0.2) is 35.1 Å². The second kappa shape index (κ2) is 7.86. The monoisotopic (exact) mass is 353 g/mol. The highest BCUT2D eigenvalue weighted by Gasteiger charge is 2.16. The lowest BCUT2D eigenvalue weighted by Gasteiger charge is -2.15. The van der Waals surface area contributed by atoms with Gasteiger partial charge in [-0.1, -0.05) is 12.1 Å². The molecule has 2 aromatic rings. The Labute approximate surface area is 152 Å². The van der Waals surface area contributed by atoms with Crippen molar-refractivity contribution in [3.8, 4) is 5.75 Å². The summed E-state index contributed by atoms with van der Waals surface area (Å²) in [6.45, 7) is 6.86. The van der Waals surface area contributed by atoms with Gasteiger partial charge in [-0.05, 0) is 38.5 Å². The maximum absolute atomic E-state index is 12.5. The van der Waals surface area contributed by atoms with Crippen molar-refractivity contribution in [2.24, 2.45) is 0 Å². The second-order valence-electron chi connectivity index (χ2n) is 6.35. The predicted molar refractivity (Wildman–Crippen MR) is 102 cm³/mol. The molecule has 3 N–H and O–H groups in total. The summed E-state index contributed by atoms with van der Waals surface area (Å²) in [5.74, 6) is 1.46. The fourth-order valence-electron chi connectivity index (χ4n) is 2.48. The van der Waals surface area contributed by atoms with E-state index in [0.29, 0.717) is 30.5 Å². The maximum Gasteiger partial charge on any atom is 0.256 e. The number of aromatic nitrogens is 2. The number of ether oxygens (including phenoxy) is 1. The topological polar surface area (TPSA) is 88.2 Å². The molecule has 4 bridgehead atoms. The quantitative estimate of drug-likeness (QED) is 0.719. The minimum Gasteiger partial charge on any atom is -0.489 e. The number of carbonyl (C=O) groups is 1. The van der Waals surface area contributed by atoms with Gasteiger partial charge in [-0.25, -0.2) is 4.98 Å². The number of anilines is 3. The Morgan fingerprint density at radius 3 is 2.96 bits per heavy atom. The molecule has 1 aromatic carbocycles. The molecule has 136 valence electrons. The zero-order valence-corrected chi connectivity index (χ0v) is 15.2. The van der Waals surface area contributed by atoms with Crippen molar-refractivity contribution in [3.63, 3.8) is 0 Å². The molecule has 0 fully saturated rings. The molecule has 1 aromatic heterocycles. The summed E-state index contributed by atoms with van der Waals surface area (Å²) in [7, 11) is 0. The van der Waals surface area contributed by atoms with Crippen LogP contribution in [-0.2, 0) is 0 Å². The fourth-order valence-corrected chi connectivity index (χ4v) is 2.48. The molecule has 0 unspecified atom stereocenters. The van der Waals surface area contributed by atoms with Gasteiger partial charge in [0, 0.05) is 30.5 Å². The van der Waals surface area contributed by atoms with Crippen molar-refractivity contribution < 1.29 is 9.53 Å². The molecule has 26 heavy (non-hydrogen) atoms. The Hall–Kier alpha value is -3.09. The number of carbonyl (C=O) groups excluding carboxylic acids is 1. The number of aryl methyl sites for hydroxylation is 1. The van der Waals surface area contributed by atoms with E-state index in [1.165, 1.54) is 6.20 Å². The molecule has 0 radical (unpaired) electrons. The average Bonchev–Trinajstić information content (AvgIpc) is 2.60. The van der Waals surface area contributed by atoms with Crippen molar-refractivity contribution in [1.82, 2.24) is 15.3 Å². The molecule has 0 aliphatic carbocycles. The van der Waals surface area contributed by atoms with Crippen LogP contribution in [0, 0.1) is 6.92 Å². The largest absolute Gasteiger partial charge is 0.489 e. The van der Waals surface area contributed by atoms with Gasteiger partial charge in [0.05, 0.1) is 0 Å². The third-order valence-corrected chi connectivity index (χ3v) is 3.78. The van der Waals surface area contributed by atoms with Gasteiger partial charge in [-0.3, -0.25) is 4.79 Å². The second-order valence-corrected chi connectivity index (χ2v) is 6.35. The fraction of sp³-hybridized carbons (Fsp3) is 0.316. The molecule has 1 amide bonds. The number of hydrogen-bond donors (Lipinski definition) is 3. The Bertz CT molecular complexity index is 833. The van der Waals surface area contributed by atoms with E-state index in [0.717, 1.165) is 17.0 Å². The van der Waals surface area contributed by atoms with Gasteiger partial charge in [0.1, 0.15) is 23.7 Å². The van der Waals surface area contributed by atoms with Gasteiger partial charge in [0.2, 0.25) is 5.95 Å². The van der Waals surface area contributed by atoms with Crippen LogP contribution in [0.1, 0.15) is 29.8 Å². The lowest BCUT2D eigenvalue weighted by molar-refractivity contribution is 0.0943. The van der Waals surface area contributed by atoms with Gasteiger partial charge >= 0.3 is 0 Å². The third-order valence-electron chi connectivity index (χ3n) is 3.78. The summed E-state index contributed by atoms with van der Waals surface area (Å²) in [5, 5.41) is 9.21. The Morgan fingerprint density at radius 1 is 1.31 bits per heavy atom. The lowest BCUT2D eigenvalue weighted by Crippen LogP contribution is -2.31. The van der Waals surface area contributed by atoms with Crippen LogP contribution in [0.25, 0.3) is 0 Å². The van der Waals surface area contributed by atoms with E-state index >= 15 is 0 Å². The van der Waals surface area contributed by atoms with Crippen molar-refractivity contribution >= 4 is 23.4 Å². The first kappa shape index (κ1) is 17.7. The van der Waals surface area contributed by atoms with Crippen LogP contribution >= 0.6 is 0 Å². The highest BCUT2D eigenvalue weighted by atomic mass is 16.5. The van der Waals surface area contributed by atoms with Crippen LogP contribution in [0.2, 0.25) is 0 Å². The summed E-state index contributed by atoms with van der Waals surface area (Å²) in [6, 6.07) is 5.82. The molecular formula is C19H23N5O2. The lowest BCUT2D eigenvalue weighted by atomic mass is 10.2. The number of nitrogens with zero attached hydrogens (tertiary/aromatic N) is 2. The van der Waals surface area contributed by atoms with Crippen LogP contribution in [0.3, 0.4) is 0 Å². The van der Waals surface area contributed by atoms with Crippen LogP contribution in [0.4, 0.5) is 17.5 Å². The maximum atomic E-state index is 12.5. The van der Waals surface area contributed by atoms with Gasteiger partial charge in [-0.2, -0.15) is 4.98 Å². The van der Waals surface area contributed by atoms with Gasteiger partial charge < -0.3 is 20.7 Å². The van der Waals surface area contributed by atoms with Crippen LogP contribution < -0.4 is 20.7 Å². The summed E-state index contributed by atoms with van der Waals surface area (Å²) in [5.41, 5.74) is 2.22. The Balaban J connectivity index is 2.01. The van der Waals surface area contributed by atoms with E-state index in [-0.39, 0.29) is 11.9 Å². The summed E-state index contributed by atoms with van der Waals surface area (Å²) < 4.78 is 5.81. The highest BCUT2D eigenvalue weighted by Crippen LogP contribution is 2.26. The summed E-state index contributed by atoms with van der Waals surface area (Å²) in [4.78, 5) is 21.2. The summed E-state index contributed by atoms with van der Waals surface area (Å²) >= 11 is 0. The number of rotatable bonds is 2. The molecule has 7 heteroatoms. The van der Waals surface area contributed by atoms with Crippen LogP contribution in [0.5, 0.6) is 5.75 Å². The zero-order valence-electron chi connectivity index (χ0n) is 15.2. The van der Waals surface area contributed by atoms with Gasteiger partial charge in [0.15, 0.2) is 0 Å². The molecule has 0 saturated carbocycles. The number of fused-ring (bicyclic) bond motifs is 4. The highest BCUT2D eigenvalue weighted by molar-refractivity contribution is 5.99. The number of nitrogens with one attached hydrogen (secondary N) is 3. The van der Waals surface area contributed by atoms with Gasteiger partial charge in [0.25, 0.3) is 5.91 Å². The van der Waals surface area contributed by atoms with Crippen molar-refractivity contribution in [2.75, 3.05) is 23.8 Å². The molecule has 7 nitrogen and oxygen atoms in total. The summed E-state index contributed by atoms with van der Waals surface area (Å²) in [6.07, 6.45) is 5.42. The third kappa shape index (κ3) is 4.30. The molecule has 1 aliphatic heterocycles. The van der Waals surface area contributed by atoms with Crippen molar-refractivity contribution in [1.29, 1.82) is 0 Å². The number of hydrogen-bond acceptors (Lipinski definition) is 6. The molecule has 0 atom stereocenters. The van der Waals surface area contributed by atoms with E-state index in [2.05, 4.69) is 25.9 Å².